The molecule has 4 nitrogen and oxygen atoms in total. The average molecular weight is 302 g/mol. The lowest BCUT2D eigenvalue weighted by Crippen LogP contribution is -2.48. The van der Waals surface area contributed by atoms with Gasteiger partial charge in [0.05, 0.1) is 36.3 Å². The van der Waals surface area contributed by atoms with E-state index in [1.165, 1.54) is 0 Å². The first kappa shape index (κ1) is 20.4. The molecule has 0 amide bonds. The van der Waals surface area contributed by atoms with Gasteiger partial charge in [-0.1, -0.05) is 59.3 Å². The van der Waals surface area contributed by atoms with E-state index in [9.17, 15) is 15.8 Å². The lowest BCUT2D eigenvalue weighted by atomic mass is 9.98. The molecule has 3 unspecified atom stereocenters. The molecule has 0 aromatic carbocycles. The number of unbranched alkanes of at least 4 members (excludes halogenated alkanes) is 3. The van der Waals surface area contributed by atoms with Gasteiger partial charge < -0.3 is 0 Å². The molecule has 122 valence electrons. The van der Waals surface area contributed by atoms with Crippen LogP contribution in [0.25, 0.3) is 0 Å². The van der Waals surface area contributed by atoms with Crippen LogP contribution in [-0.2, 0) is 0 Å². The van der Waals surface area contributed by atoms with Gasteiger partial charge in [-0.05, 0) is 19.3 Å². The van der Waals surface area contributed by atoms with Crippen LogP contribution in [-0.4, -0.2) is 23.0 Å². The topological polar surface area (TPSA) is 74.6 Å². The Labute approximate surface area is 136 Å². The molecule has 0 bridgehead atoms. The van der Waals surface area contributed by atoms with Crippen molar-refractivity contribution < 1.29 is 0 Å². The summed E-state index contributed by atoms with van der Waals surface area (Å²) in [5.41, 5.74) is 0. The molecule has 0 radical (unpaired) electrons. The van der Waals surface area contributed by atoms with E-state index in [1.54, 1.807) is 0 Å². The highest BCUT2D eigenvalue weighted by Crippen LogP contribution is 2.22. The van der Waals surface area contributed by atoms with E-state index >= 15 is 0 Å². The van der Waals surface area contributed by atoms with Crippen molar-refractivity contribution in [1.29, 1.82) is 15.8 Å². The number of nitriles is 3. The number of hydrogen-bond acceptors (Lipinski definition) is 4. The van der Waals surface area contributed by atoms with Crippen LogP contribution in [0, 0.1) is 34.0 Å². The number of hydrogen-bond donors (Lipinski definition) is 0. The summed E-state index contributed by atoms with van der Waals surface area (Å²) in [4.78, 5) is 1.90. The van der Waals surface area contributed by atoms with Crippen molar-refractivity contribution in [2.24, 2.45) is 0 Å². The van der Waals surface area contributed by atoms with Crippen LogP contribution in [0.1, 0.15) is 78.6 Å². The molecule has 0 aliphatic carbocycles. The summed E-state index contributed by atoms with van der Waals surface area (Å²) in [6.45, 7) is 6.28. The van der Waals surface area contributed by atoms with Crippen molar-refractivity contribution in [2.45, 2.75) is 96.7 Å². The Morgan fingerprint density at radius 1 is 0.636 bits per heavy atom. The van der Waals surface area contributed by atoms with E-state index in [0.717, 1.165) is 57.8 Å². The molecule has 3 atom stereocenters. The van der Waals surface area contributed by atoms with Crippen molar-refractivity contribution in [1.82, 2.24) is 4.90 Å². The molecule has 0 heterocycles. The van der Waals surface area contributed by atoms with Gasteiger partial charge in [0.15, 0.2) is 0 Å². The van der Waals surface area contributed by atoms with Crippen molar-refractivity contribution in [3.8, 4) is 18.2 Å². The molecular weight excluding hydrogens is 272 g/mol. The van der Waals surface area contributed by atoms with Gasteiger partial charge in [0, 0.05) is 0 Å². The molecule has 0 spiro atoms. The van der Waals surface area contributed by atoms with Gasteiger partial charge in [0.2, 0.25) is 0 Å². The fraction of sp³-hybridized carbons (Fsp3) is 0.833. The molecule has 0 aliphatic heterocycles. The summed E-state index contributed by atoms with van der Waals surface area (Å²) in [6.07, 6.45) is 8.12. The van der Waals surface area contributed by atoms with Crippen molar-refractivity contribution in [3.63, 3.8) is 0 Å². The van der Waals surface area contributed by atoms with Crippen LogP contribution >= 0.6 is 0 Å². The Bertz CT molecular complexity index is 337. The van der Waals surface area contributed by atoms with Crippen molar-refractivity contribution in [2.75, 3.05) is 0 Å². The summed E-state index contributed by atoms with van der Waals surface area (Å²) in [7, 11) is 0. The van der Waals surface area contributed by atoms with Crippen LogP contribution in [0.5, 0.6) is 0 Å². The van der Waals surface area contributed by atoms with Crippen LogP contribution in [0.15, 0.2) is 0 Å². The van der Waals surface area contributed by atoms with E-state index in [2.05, 4.69) is 39.0 Å². The molecule has 0 fully saturated rings. The Morgan fingerprint density at radius 3 is 1.09 bits per heavy atom. The molecule has 0 aliphatic rings. The normalized spacial score (nSPS) is 14.6. The second-order valence-electron chi connectivity index (χ2n) is 5.81. The minimum Gasteiger partial charge on any atom is -0.256 e. The molecule has 0 rings (SSSR count). The first-order valence-electron chi connectivity index (χ1n) is 8.66. The van der Waals surface area contributed by atoms with E-state index in [-0.39, 0.29) is 18.1 Å². The second kappa shape index (κ2) is 13.1. The smallest absolute Gasteiger partial charge is 0.0998 e. The van der Waals surface area contributed by atoms with Crippen LogP contribution in [0.2, 0.25) is 0 Å². The highest BCUT2D eigenvalue weighted by Gasteiger charge is 2.32. The molecular formula is C18H30N4. The van der Waals surface area contributed by atoms with E-state index in [4.69, 9.17) is 0 Å². The lowest BCUT2D eigenvalue weighted by Gasteiger charge is -2.34. The Hall–Kier alpha value is -1.57. The predicted octanol–water partition coefficient (Wildman–Crippen LogP) is 4.54. The third-order valence-corrected chi connectivity index (χ3v) is 4.02. The molecule has 0 aromatic rings. The first-order chi connectivity index (χ1) is 10.7. The summed E-state index contributed by atoms with van der Waals surface area (Å²) in [5.74, 6) is 0. The largest absolute Gasteiger partial charge is 0.256 e. The fourth-order valence-corrected chi connectivity index (χ4v) is 2.68. The number of rotatable bonds is 12. The van der Waals surface area contributed by atoms with Gasteiger partial charge >= 0.3 is 0 Å². The minimum absolute atomic E-state index is 0.331. The Kier molecular flexibility index (Phi) is 12.2. The van der Waals surface area contributed by atoms with Crippen LogP contribution in [0.4, 0.5) is 0 Å². The maximum absolute atomic E-state index is 9.55. The standard InChI is InChI=1S/C18H30N4/c1-4-7-10-16(13-19)22(17(14-20)11-8-5-2)18(15-21)12-9-6-3/h16-18H,4-12H2,1-3H3. The quantitative estimate of drug-likeness (QED) is 0.530. The second-order valence-corrected chi connectivity index (χ2v) is 5.81. The van der Waals surface area contributed by atoms with E-state index in [1.807, 2.05) is 4.90 Å². The van der Waals surface area contributed by atoms with Gasteiger partial charge in [-0.15, -0.1) is 0 Å². The average Bonchev–Trinajstić information content (AvgIpc) is 2.55. The fourth-order valence-electron chi connectivity index (χ4n) is 2.68. The zero-order chi connectivity index (χ0) is 16.8. The predicted molar refractivity (Wildman–Crippen MR) is 88.6 cm³/mol. The minimum atomic E-state index is -0.331. The van der Waals surface area contributed by atoms with Crippen LogP contribution in [0.3, 0.4) is 0 Å². The summed E-state index contributed by atoms with van der Waals surface area (Å²) in [5, 5.41) is 28.7. The Balaban J connectivity index is 5.28. The Morgan fingerprint density at radius 2 is 0.909 bits per heavy atom. The highest BCUT2D eigenvalue weighted by atomic mass is 15.2. The summed E-state index contributed by atoms with van der Waals surface area (Å²) in [6, 6.07) is 6.04. The number of nitrogens with zero attached hydrogens (tertiary/aromatic N) is 4. The maximum atomic E-state index is 9.55. The molecule has 4 heteroatoms. The summed E-state index contributed by atoms with van der Waals surface area (Å²) >= 11 is 0. The van der Waals surface area contributed by atoms with Crippen LogP contribution < -0.4 is 0 Å². The van der Waals surface area contributed by atoms with Gasteiger partial charge in [0.1, 0.15) is 0 Å². The zero-order valence-electron chi connectivity index (χ0n) is 14.4. The van der Waals surface area contributed by atoms with Gasteiger partial charge in [0.25, 0.3) is 0 Å². The van der Waals surface area contributed by atoms with Crippen molar-refractivity contribution >= 4 is 0 Å². The third-order valence-electron chi connectivity index (χ3n) is 4.02. The lowest BCUT2D eigenvalue weighted by molar-refractivity contribution is 0.139. The van der Waals surface area contributed by atoms with Crippen molar-refractivity contribution in [3.05, 3.63) is 0 Å². The first-order valence-corrected chi connectivity index (χ1v) is 8.66. The molecule has 0 N–H and O–H groups in total. The van der Waals surface area contributed by atoms with Gasteiger partial charge in [-0.2, -0.15) is 15.8 Å². The molecule has 22 heavy (non-hydrogen) atoms. The molecule has 0 aromatic heterocycles. The van der Waals surface area contributed by atoms with Gasteiger partial charge in [-0.25, -0.2) is 0 Å². The zero-order valence-corrected chi connectivity index (χ0v) is 14.4. The maximum Gasteiger partial charge on any atom is 0.0998 e. The van der Waals surface area contributed by atoms with E-state index < -0.39 is 0 Å². The SMILES string of the molecule is CCCCC(C#N)N(C(C#N)CCCC)C(C#N)CCCC. The van der Waals surface area contributed by atoms with E-state index in [0.29, 0.717) is 0 Å². The van der Waals surface area contributed by atoms with Gasteiger partial charge in [-0.3, -0.25) is 4.90 Å². The molecule has 0 saturated carbocycles. The molecule has 0 saturated heterocycles. The highest BCUT2D eigenvalue weighted by molar-refractivity contribution is 5.08. The monoisotopic (exact) mass is 302 g/mol. The third kappa shape index (κ3) is 6.93. The summed E-state index contributed by atoms with van der Waals surface area (Å²) < 4.78 is 0.